The number of phenols is 1. The minimum atomic E-state index is -1.93. The molecule has 3 aromatic rings. The second kappa shape index (κ2) is 19.4. The first-order valence-electron chi connectivity index (χ1n) is 19.8. The van der Waals surface area contributed by atoms with E-state index >= 15 is 0 Å². The predicted molar refractivity (Wildman–Crippen MR) is 202 cm³/mol. The second-order valence-electron chi connectivity index (χ2n) is 15.6. The maximum Gasteiger partial charge on any atom is 0.229 e. The van der Waals surface area contributed by atoms with Crippen molar-refractivity contribution in [2.75, 3.05) is 19.8 Å². The third-order valence-corrected chi connectivity index (χ3v) is 11.4. The third-order valence-electron chi connectivity index (χ3n) is 11.4. The van der Waals surface area contributed by atoms with Gasteiger partial charge in [0.1, 0.15) is 120 Å². The highest BCUT2D eigenvalue weighted by molar-refractivity contribution is 5.88. The molecule has 24 heteroatoms. The van der Waals surface area contributed by atoms with Gasteiger partial charge < -0.3 is 114 Å². The highest BCUT2D eigenvalue weighted by Gasteiger charge is 2.52. The summed E-state index contributed by atoms with van der Waals surface area (Å²) in [5.41, 5.74) is -0.657. The number of ether oxygens (including phenoxy) is 8. The molecule has 2 aromatic carbocycles. The monoisotopic (exact) mass is 902 g/mol. The highest BCUT2D eigenvalue weighted by Crippen LogP contribution is 2.35. The van der Waals surface area contributed by atoms with Crippen LogP contribution in [0.2, 0.25) is 0 Å². The van der Waals surface area contributed by atoms with Gasteiger partial charge in [0, 0.05) is 12.1 Å². The van der Waals surface area contributed by atoms with Crippen molar-refractivity contribution in [3.05, 3.63) is 52.9 Å². The van der Waals surface area contributed by atoms with E-state index in [9.17, 15) is 76.3 Å². The number of rotatable bonds is 12. The molecular formula is C39H50O24. The summed E-state index contributed by atoms with van der Waals surface area (Å²) >= 11 is 0. The van der Waals surface area contributed by atoms with Gasteiger partial charge in [0.25, 0.3) is 0 Å². The van der Waals surface area contributed by atoms with Crippen LogP contribution in [-0.4, -0.2) is 214 Å². The number of aliphatic hydroxyl groups excluding tert-OH is 13. The largest absolute Gasteiger partial charge is 0.507 e. The van der Waals surface area contributed by atoms with E-state index < -0.39 is 154 Å². The van der Waals surface area contributed by atoms with Gasteiger partial charge in [-0.3, -0.25) is 4.79 Å². The first-order chi connectivity index (χ1) is 29.9. The molecular weight excluding hydrogens is 852 g/mol. The van der Waals surface area contributed by atoms with Crippen LogP contribution in [0.4, 0.5) is 0 Å². The molecule has 4 aliphatic rings. The van der Waals surface area contributed by atoms with E-state index in [1.54, 1.807) is 0 Å². The number of aromatic hydroxyl groups is 1. The van der Waals surface area contributed by atoms with Gasteiger partial charge >= 0.3 is 0 Å². The van der Waals surface area contributed by atoms with E-state index in [1.165, 1.54) is 37.3 Å². The van der Waals surface area contributed by atoms with Crippen LogP contribution < -0.4 is 14.9 Å². The van der Waals surface area contributed by atoms with Gasteiger partial charge in [-0.05, 0) is 24.6 Å². The maximum absolute atomic E-state index is 13.7. The molecule has 0 aliphatic carbocycles. The van der Waals surface area contributed by atoms with Crippen molar-refractivity contribution in [3.8, 4) is 28.4 Å². The van der Waals surface area contributed by atoms with E-state index in [0.717, 1.165) is 12.3 Å². The molecule has 4 fully saturated rings. The summed E-state index contributed by atoms with van der Waals surface area (Å²) in [5, 5.41) is 145. The lowest BCUT2D eigenvalue weighted by molar-refractivity contribution is -0.362. The molecule has 5 heterocycles. The molecule has 20 atom stereocenters. The van der Waals surface area contributed by atoms with Gasteiger partial charge in [-0.1, -0.05) is 12.1 Å². The Hall–Kier alpha value is -3.71. The van der Waals surface area contributed by atoms with E-state index in [0.29, 0.717) is 0 Å². The molecule has 350 valence electrons. The SMILES string of the molecule is C[C@@H]1O[C@@H](OC[C@H]2O[C@@H](Oc3ccc(-c4coc5cc(O[C@@H]6O[C@H](CO)[C@@H](O)[C@H](O)[C@H]6O)cc(O)c5c4=O)cc3)[C@H](O[C@@H]3O[C@H](CO)[C@@H](O)[C@H](O)[C@H]3O)[C@@H](O)[C@@H]2O)[C@H](O)[C@H](O)[C@H]1O. The summed E-state index contributed by atoms with van der Waals surface area (Å²) in [6.45, 7) is -0.701. The van der Waals surface area contributed by atoms with Crippen LogP contribution in [0.5, 0.6) is 17.2 Å². The minimum Gasteiger partial charge on any atom is -0.507 e. The summed E-state index contributed by atoms with van der Waals surface area (Å²) in [4.78, 5) is 13.7. The molecule has 4 aliphatic heterocycles. The van der Waals surface area contributed by atoms with Crippen molar-refractivity contribution >= 4 is 11.0 Å². The minimum absolute atomic E-state index is 0.00519. The van der Waals surface area contributed by atoms with E-state index in [1.807, 2.05) is 0 Å². The van der Waals surface area contributed by atoms with Gasteiger partial charge in [0.05, 0.1) is 31.5 Å². The normalized spacial score (nSPS) is 41.0. The number of fused-ring (bicyclic) bond motifs is 1. The predicted octanol–water partition coefficient (Wildman–Crippen LogP) is -5.80. The number of aliphatic hydroxyl groups is 13. The molecule has 0 unspecified atom stereocenters. The lowest BCUT2D eigenvalue weighted by atomic mass is 9.97. The molecule has 0 spiro atoms. The lowest BCUT2D eigenvalue weighted by Gasteiger charge is -2.46. The molecule has 7 rings (SSSR count). The Morgan fingerprint density at radius 2 is 1.11 bits per heavy atom. The summed E-state index contributed by atoms with van der Waals surface area (Å²) in [5.74, 6) is -0.774. The Bertz CT molecular complexity index is 2050. The zero-order chi connectivity index (χ0) is 45.6. The Balaban J connectivity index is 1.10. The standard InChI is InChI=1S/C39H50O24/c1-12-23(43)28(48)32(52)36(57-12)56-11-21-27(47)31(51)35(63-38-34(54)30(50)26(46)20(9-41)61-38)39(62-21)58-14-4-2-13(3-5-14)16-10-55-18-7-15(6-17(42)22(18)24(16)44)59-37-33(53)29(49)25(45)19(8-40)60-37/h2-7,10,12,19-21,23,25-43,45-54H,8-9,11H2,1H3/t12-,19+,20+,21+,23-,25+,26+,27+,28+,29-,30-,31-,32+,33+,34+,35+,36+,37+,38-,39+/m0/s1. The Morgan fingerprint density at radius 1 is 0.571 bits per heavy atom. The van der Waals surface area contributed by atoms with E-state index in [2.05, 4.69) is 0 Å². The number of phenolic OH excluding ortho intramolecular Hbond substituents is 1. The Labute approximate surface area is 355 Å². The first kappa shape index (κ1) is 47.3. The number of hydrogen-bond acceptors (Lipinski definition) is 24. The van der Waals surface area contributed by atoms with Crippen LogP contribution >= 0.6 is 0 Å². The van der Waals surface area contributed by atoms with Gasteiger partial charge in [-0.25, -0.2) is 0 Å². The van der Waals surface area contributed by atoms with Crippen molar-refractivity contribution in [1.82, 2.24) is 0 Å². The topological polar surface area (TPSA) is 387 Å². The van der Waals surface area contributed by atoms with Gasteiger partial charge in [-0.2, -0.15) is 0 Å². The van der Waals surface area contributed by atoms with Gasteiger partial charge in [0.2, 0.25) is 18.0 Å². The van der Waals surface area contributed by atoms with E-state index in [4.69, 9.17) is 42.3 Å². The molecule has 0 bridgehead atoms. The van der Waals surface area contributed by atoms with Crippen LogP contribution in [0.15, 0.2) is 51.9 Å². The summed E-state index contributed by atoms with van der Waals surface area (Å²) in [7, 11) is 0. The van der Waals surface area contributed by atoms with Crippen molar-refractivity contribution in [2.24, 2.45) is 0 Å². The van der Waals surface area contributed by atoms with Gasteiger partial charge in [-0.15, -0.1) is 0 Å². The van der Waals surface area contributed by atoms with Crippen LogP contribution in [0, 0.1) is 0 Å². The molecule has 24 nitrogen and oxygen atoms in total. The second-order valence-corrected chi connectivity index (χ2v) is 15.6. The summed E-state index contributed by atoms with van der Waals surface area (Å²) in [6, 6.07) is 7.75. The maximum atomic E-state index is 13.7. The molecule has 0 amide bonds. The fourth-order valence-corrected chi connectivity index (χ4v) is 7.58. The Kier molecular flexibility index (Phi) is 14.6. The van der Waals surface area contributed by atoms with Crippen molar-refractivity contribution in [3.63, 3.8) is 0 Å². The lowest BCUT2D eigenvalue weighted by Crippen LogP contribution is -2.65. The van der Waals surface area contributed by atoms with Crippen LogP contribution in [0.25, 0.3) is 22.1 Å². The van der Waals surface area contributed by atoms with Crippen molar-refractivity contribution in [2.45, 2.75) is 130 Å². The van der Waals surface area contributed by atoms with Crippen LogP contribution in [0.3, 0.4) is 0 Å². The Morgan fingerprint density at radius 3 is 1.75 bits per heavy atom. The molecule has 0 saturated carbocycles. The third kappa shape index (κ3) is 9.38. The van der Waals surface area contributed by atoms with Crippen molar-refractivity contribution in [1.29, 1.82) is 0 Å². The molecule has 63 heavy (non-hydrogen) atoms. The number of benzene rings is 2. The van der Waals surface area contributed by atoms with Crippen LogP contribution in [-0.2, 0) is 28.4 Å². The average molecular weight is 903 g/mol. The van der Waals surface area contributed by atoms with Crippen LogP contribution in [0.1, 0.15) is 6.92 Å². The molecule has 4 saturated heterocycles. The van der Waals surface area contributed by atoms with E-state index in [-0.39, 0.29) is 33.6 Å². The smallest absolute Gasteiger partial charge is 0.229 e. The van der Waals surface area contributed by atoms with Crippen molar-refractivity contribution < 1.29 is 114 Å². The fourth-order valence-electron chi connectivity index (χ4n) is 7.58. The zero-order valence-electron chi connectivity index (χ0n) is 33.1. The molecule has 14 N–H and O–H groups in total. The average Bonchev–Trinajstić information content (AvgIpc) is 3.26. The quantitative estimate of drug-likeness (QED) is 0.0805. The fraction of sp³-hybridized carbons (Fsp3) is 0.615. The highest BCUT2D eigenvalue weighted by atomic mass is 16.8. The number of hydrogen-bond donors (Lipinski definition) is 14. The summed E-state index contributed by atoms with van der Waals surface area (Å²) in [6.07, 6.45) is -31.7. The van der Waals surface area contributed by atoms with Gasteiger partial charge in [0.15, 0.2) is 18.7 Å². The first-order valence-corrected chi connectivity index (χ1v) is 19.8. The molecule has 0 radical (unpaired) electrons. The zero-order valence-corrected chi connectivity index (χ0v) is 33.1. The summed E-state index contributed by atoms with van der Waals surface area (Å²) < 4.78 is 50.8. The molecule has 1 aromatic heterocycles.